The minimum absolute atomic E-state index is 0.576. The van der Waals surface area contributed by atoms with Gasteiger partial charge in [-0.2, -0.15) is 0 Å². The van der Waals surface area contributed by atoms with E-state index in [1.165, 1.54) is 25.9 Å². The van der Waals surface area contributed by atoms with Crippen LogP contribution in [0.4, 0.5) is 0 Å². The summed E-state index contributed by atoms with van der Waals surface area (Å²) in [6.07, 6.45) is 2.73. The first-order valence-corrected chi connectivity index (χ1v) is 7.25. The molecule has 4 atom stereocenters. The minimum Gasteiger partial charge on any atom is -0.379 e. The maximum Gasteiger partial charge on any atom is 0.0623 e. The van der Waals surface area contributed by atoms with Crippen LogP contribution >= 0.6 is 0 Å². The maximum absolute atomic E-state index is 5.63. The number of hydrogen-bond donors (Lipinski definition) is 1. The summed E-state index contributed by atoms with van der Waals surface area (Å²) in [4.78, 5) is 2.67. The molecule has 2 aliphatic heterocycles. The van der Waals surface area contributed by atoms with E-state index >= 15 is 0 Å². The van der Waals surface area contributed by atoms with Gasteiger partial charge in [-0.15, -0.1) is 0 Å². The number of likely N-dealkylation sites (N-methyl/N-ethyl adjacent to an activating group) is 1. The minimum atomic E-state index is 0.576. The third-order valence-electron chi connectivity index (χ3n) is 4.41. The normalized spacial score (nSPS) is 39.7. The molecule has 0 spiro atoms. The summed E-state index contributed by atoms with van der Waals surface area (Å²) < 4.78 is 5.63. The smallest absolute Gasteiger partial charge is 0.0623 e. The summed E-state index contributed by atoms with van der Waals surface area (Å²) in [6.45, 7) is 12.3. The van der Waals surface area contributed by atoms with Gasteiger partial charge in [-0.1, -0.05) is 13.8 Å². The molecular formula is C14H28N2O. The van der Waals surface area contributed by atoms with Gasteiger partial charge in [-0.25, -0.2) is 0 Å². The lowest BCUT2D eigenvalue weighted by Crippen LogP contribution is -2.47. The number of rotatable bonds is 4. The Morgan fingerprint density at radius 1 is 1.29 bits per heavy atom. The summed E-state index contributed by atoms with van der Waals surface area (Å²) in [5.41, 5.74) is 0. The monoisotopic (exact) mass is 240 g/mol. The van der Waals surface area contributed by atoms with E-state index in [0.717, 1.165) is 31.7 Å². The molecule has 0 aromatic carbocycles. The van der Waals surface area contributed by atoms with E-state index in [4.69, 9.17) is 4.74 Å². The Balaban J connectivity index is 1.83. The fourth-order valence-electron chi connectivity index (χ4n) is 3.29. The fourth-order valence-corrected chi connectivity index (χ4v) is 3.29. The second-order valence-corrected chi connectivity index (χ2v) is 5.94. The molecule has 0 aromatic rings. The molecule has 2 heterocycles. The highest BCUT2D eigenvalue weighted by atomic mass is 16.5. The molecule has 0 amide bonds. The largest absolute Gasteiger partial charge is 0.379 e. The molecule has 3 nitrogen and oxygen atoms in total. The molecular weight excluding hydrogens is 212 g/mol. The van der Waals surface area contributed by atoms with Gasteiger partial charge in [0.1, 0.15) is 0 Å². The van der Waals surface area contributed by atoms with Crippen molar-refractivity contribution in [2.24, 2.45) is 11.8 Å². The third kappa shape index (κ3) is 3.43. The van der Waals surface area contributed by atoms with Crippen LogP contribution < -0.4 is 5.32 Å². The van der Waals surface area contributed by atoms with Gasteiger partial charge >= 0.3 is 0 Å². The van der Waals surface area contributed by atoms with Crippen LogP contribution in [-0.4, -0.2) is 49.8 Å². The van der Waals surface area contributed by atoms with Crippen LogP contribution in [0.1, 0.15) is 33.6 Å². The zero-order valence-corrected chi connectivity index (χ0v) is 11.6. The molecule has 2 aliphatic rings. The van der Waals surface area contributed by atoms with Crippen LogP contribution in [0.25, 0.3) is 0 Å². The second kappa shape index (κ2) is 6.17. The van der Waals surface area contributed by atoms with Gasteiger partial charge in [0, 0.05) is 24.5 Å². The molecule has 3 heteroatoms. The van der Waals surface area contributed by atoms with Crippen LogP contribution in [0.5, 0.6) is 0 Å². The lowest BCUT2D eigenvalue weighted by atomic mass is 9.91. The third-order valence-corrected chi connectivity index (χ3v) is 4.41. The Labute approximate surface area is 106 Å². The van der Waals surface area contributed by atoms with Gasteiger partial charge in [-0.05, 0) is 38.8 Å². The van der Waals surface area contributed by atoms with E-state index in [9.17, 15) is 0 Å². The highest BCUT2D eigenvalue weighted by Gasteiger charge is 2.32. The van der Waals surface area contributed by atoms with Crippen LogP contribution in [0.2, 0.25) is 0 Å². The first kappa shape index (κ1) is 13.3. The van der Waals surface area contributed by atoms with E-state index in [1.54, 1.807) is 0 Å². The van der Waals surface area contributed by atoms with Gasteiger partial charge in [0.15, 0.2) is 0 Å². The summed E-state index contributed by atoms with van der Waals surface area (Å²) in [5, 5.41) is 3.56. The molecule has 0 aliphatic carbocycles. The lowest BCUT2D eigenvalue weighted by molar-refractivity contribution is 0.0996. The maximum atomic E-state index is 5.63. The Morgan fingerprint density at radius 2 is 2.12 bits per heavy atom. The molecule has 2 saturated heterocycles. The summed E-state index contributed by atoms with van der Waals surface area (Å²) in [7, 11) is 0. The van der Waals surface area contributed by atoms with Gasteiger partial charge in [0.2, 0.25) is 0 Å². The highest BCUT2D eigenvalue weighted by Crippen LogP contribution is 2.25. The van der Waals surface area contributed by atoms with Crippen LogP contribution in [0.15, 0.2) is 0 Å². The molecule has 0 bridgehead atoms. The predicted molar refractivity (Wildman–Crippen MR) is 71.2 cm³/mol. The van der Waals surface area contributed by atoms with E-state index < -0.39 is 0 Å². The number of likely N-dealkylation sites (tertiary alicyclic amines) is 1. The standard InChI is InChI=1S/C14H28N2O/c1-4-15-14-10-17-9-13(14)8-16-6-5-11(2)7-12(16)3/h11-15H,4-10H2,1-3H3. The van der Waals surface area contributed by atoms with E-state index in [0.29, 0.717) is 12.0 Å². The molecule has 1 N–H and O–H groups in total. The molecule has 0 aromatic heterocycles. The van der Waals surface area contributed by atoms with Crippen LogP contribution in [-0.2, 0) is 4.74 Å². The molecule has 17 heavy (non-hydrogen) atoms. The number of ether oxygens (including phenoxy) is 1. The predicted octanol–water partition coefficient (Wildman–Crippen LogP) is 1.73. The van der Waals surface area contributed by atoms with Crippen molar-refractivity contribution >= 4 is 0 Å². The zero-order chi connectivity index (χ0) is 12.3. The number of nitrogens with one attached hydrogen (secondary N) is 1. The Hall–Kier alpha value is -0.120. The molecule has 100 valence electrons. The molecule has 2 rings (SSSR count). The SMILES string of the molecule is CCNC1COCC1CN1CCC(C)CC1C. The van der Waals surface area contributed by atoms with E-state index in [-0.39, 0.29) is 0 Å². The fraction of sp³-hybridized carbons (Fsp3) is 1.00. The van der Waals surface area contributed by atoms with Crippen molar-refractivity contribution in [2.75, 3.05) is 32.8 Å². The average Bonchev–Trinajstić information content (AvgIpc) is 2.71. The van der Waals surface area contributed by atoms with Crippen molar-refractivity contribution in [3.05, 3.63) is 0 Å². The number of hydrogen-bond acceptors (Lipinski definition) is 3. The Morgan fingerprint density at radius 3 is 2.82 bits per heavy atom. The first-order valence-electron chi connectivity index (χ1n) is 7.25. The average molecular weight is 240 g/mol. The molecule has 2 fully saturated rings. The summed E-state index contributed by atoms with van der Waals surface area (Å²) in [6, 6.07) is 1.33. The quantitative estimate of drug-likeness (QED) is 0.810. The summed E-state index contributed by atoms with van der Waals surface area (Å²) >= 11 is 0. The van der Waals surface area contributed by atoms with Crippen LogP contribution in [0, 0.1) is 11.8 Å². The van der Waals surface area contributed by atoms with E-state index in [2.05, 4.69) is 31.0 Å². The van der Waals surface area contributed by atoms with Gasteiger partial charge in [-0.3, -0.25) is 0 Å². The Kier molecular flexibility index (Phi) is 4.83. The highest BCUT2D eigenvalue weighted by molar-refractivity contribution is 4.86. The van der Waals surface area contributed by atoms with Gasteiger partial charge in [0.25, 0.3) is 0 Å². The molecule has 0 saturated carbocycles. The number of nitrogens with zero attached hydrogens (tertiary/aromatic N) is 1. The zero-order valence-electron chi connectivity index (χ0n) is 11.6. The molecule has 0 radical (unpaired) electrons. The molecule has 4 unspecified atom stereocenters. The first-order chi connectivity index (χ1) is 8.20. The van der Waals surface area contributed by atoms with Gasteiger partial charge in [0.05, 0.1) is 13.2 Å². The van der Waals surface area contributed by atoms with Crippen LogP contribution in [0.3, 0.4) is 0 Å². The van der Waals surface area contributed by atoms with E-state index in [1.807, 2.05) is 0 Å². The van der Waals surface area contributed by atoms with Crippen molar-refractivity contribution in [1.82, 2.24) is 10.2 Å². The van der Waals surface area contributed by atoms with Crippen molar-refractivity contribution in [1.29, 1.82) is 0 Å². The topological polar surface area (TPSA) is 24.5 Å². The Bertz CT molecular complexity index is 234. The van der Waals surface area contributed by atoms with Crippen molar-refractivity contribution < 1.29 is 4.74 Å². The van der Waals surface area contributed by atoms with Gasteiger partial charge < -0.3 is 15.0 Å². The lowest BCUT2D eigenvalue weighted by Gasteiger charge is -2.38. The van der Waals surface area contributed by atoms with Crippen molar-refractivity contribution in [3.8, 4) is 0 Å². The number of piperidine rings is 1. The second-order valence-electron chi connectivity index (χ2n) is 5.94. The summed E-state index contributed by atoms with van der Waals surface area (Å²) in [5.74, 6) is 1.59. The van der Waals surface area contributed by atoms with Crippen molar-refractivity contribution in [3.63, 3.8) is 0 Å². The van der Waals surface area contributed by atoms with Crippen molar-refractivity contribution in [2.45, 2.75) is 45.7 Å².